The second kappa shape index (κ2) is 5.70. The number of hydrogen-bond acceptors (Lipinski definition) is 4. The third kappa shape index (κ3) is 3.87. The van der Waals surface area contributed by atoms with E-state index in [1.165, 1.54) is 12.1 Å². The van der Waals surface area contributed by atoms with E-state index in [0.717, 1.165) is 0 Å². The zero-order valence-electron chi connectivity index (χ0n) is 8.37. The van der Waals surface area contributed by atoms with E-state index in [4.69, 9.17) is 15.3 Å². The maximum Gasteiger partial charge on any atom is 0.115 e. The molecule has 0 aliphatic rings. The first-order valence-electron chi connectivity index (χ1n) is 4.89. The van der Waals surface area contributed by atoms with Gasteiger partial charge in [0.15, 0.2) is 0 Å². The van der Waals surface area contributed by atoms with Crippen molar-refractivity contribution in [3.8, 4) is 5.75 Å². The number of phenolic OH excluding ortho intramolecular Hbond substituents is 1. The number of phenols is 1. The van der Waals surface area contributed by atoms with Crippen LogP contribution in [-0.2, 0) is 0 Å². The van der Waals surface area contributed by atoms with Gasteiger partial charge < -0.3 is 20.4 Å². The zero-order valence-corrected chi connectivity index (χ0v) is 8.37. The Bertz CT molecular complexity index is 283. The normalized spacial score (nSPS) is 14.9. The summed E-state index contributed by atoms with van der Waals surface area (Å²) in [7, 11) is 0. The van der Waals surface area contributed by atoms with Gasteiger partial charge in [-0.1, -0.05) is 12.1 Å². The molecule has 0 aliphatic carbocycles. The molecule has 0 heterocycles. The van der Waals surface area contributed by atoms with Gasteiger partial charge in [-0.3, -0.25) is 0 Å². The van der Waals surface area contributed by atoms with Crippen molar-refractivity contribution in [2.75, 3.05) is 6.61 Å². The quantitative estimate of drug-likeness (QED) is 0.575. The third-order valence-electron chi connectivity index (χ3n) is 2.26. The molecule has 0 aromatic heterocycles. The van der Waals surface area contributed by atoms with E-state index in [1.54, 1.807) is 12.1 Å². The average Bonchev–Trinajstić information content (AvgIpc) is 2.26. The van der Waals surface area contributed by atoms with E-state index in [2.05, 4.69) is 0 Å². The lowest BCUT2D eigenvalue weighted by molar-refractivity contribution is 0.0683. The van der Waals surface area contributed by atoms with Crippen molar-refractivity contribution in [3.63, 3.8) is 0 Å². The van der Waals surface area contributed by atoms with E-state index in [1.807, 2.05) is 0 Å². The molecule has 0 spiro atoms. The average molecular weight is 212 g/mol. The van der Waals surface area contributed by atoms with Gasteiger partial charge in [-0.05, 0) is 30.5 Å². The standard InChI is InChI=1S/C11H16O4/c12-7-10(14)5-6-11(15)8-1-3-9(13)4-2-8/h1-4,10-15H,5-7H2. The largest absolute Gasteiger partial charge is 0.508 e. The molecule has 1 rings (SSSR count). The van der Waals surface area contributed by atoms with E-state index in [9.17, 15) is 5.11 Å². The van der Waals surface area contributed by atoms with Crippen LogP contribution in [0.15, 0.2) is 24.3 Å². The van der Waals surface area contributed by atoms with Crippen LogP contribution in [0, 0.1) is 0 Å². The molecule has 2 unspecified atom stereocenters. The van der Waals surface area contributed by atoms with Crippen LogP contribution in [0.1, 0.15) is 24.5 Å². The van der Waals surface area contributed by atoms with Crippen LogP contribution < -0.4 is 0 Å². The fourth-order valence-corrected chi connectivity index (χ4v) is 1.30. The van der Waals surface area contributed by atoms with Crippen molar-refractivity contribution < 1.29 is 20.4 Å². The lowest BCUT2D eigenvalue weighted by atomic mass is 10.0. The van der Waals surface area contributed by atoms with Gasteiger partial charge in [0, 0.05) is 0 Å². The molecule has 0 saturated heterocycles. The fraction of sp³-hybridized carbons (Fsp3) is 0.455. The molecular formula is C11H16O4. The van der Waals surface area contributed by atoms with Crippen molar-refractivity contribution in [1.82, 2.24) is 0 Å². The first-order valence-corrected chi connectivity index (χ1v) is 4.89. The molecule has 1 aromatic rings. The predicted octanol–water partition coefficient (Wildman–Crippen LogP) is 0.559. The second-order valence-electron chi connectivity index (χ2n) is 3.52. The van der Waals surface area contributed by atoms with E-state index in [-0.39, 0.29) is 12.4 Å². The van der Waals surface area contributed by atoms with Crippen molar-refractivity contribution in [2.45, 2.75) is 25.0 Å². The molecule has 0 fully saturated rings. The number of hydrogen-bond donors (Lipinski definition) is 4. The topological polar surface area (TPSA) is 80.9 Å². The van der Waals surface area contributed by atoms with Crippen molar-refractivity contribution in [2.24, 2.45) is 0 Å². The van der Waals surface area contributed by atoms with Crippen molar-refractivity contribution in [1.29, 1.82) is 0 Å². The van der Waals surface area contributed by atoms with Crippen LogP contribution in [0.5, 0.6) is 5.75 Å². The Hall–Kier alpha value is -1.10. The molecule has 0 aliphatic heterocycles. The van der Waals surface area contributed by atoms with Crippen LogP contribution in [0.25, 0.3) is 0 Å². The molecule has 4 N–H and O–H groups in total. The summed E-state index contributed by atoms with van der Waals surface area (Å²) >= 11 is 0. The van der Waals surface area contributed by atoms with Crippen LogP contribution in [0.2, 0.25) is 0 Å². The van der Waals surface area contributed by atoms with Gasteiger partial charge in [-0.2, -0.15) is 0 Å². The molecule has 15 heavy (non-hydrogen) atoms. The van der Waals surface area contributed by atoms with Gasteiger partial charge >= 0.3 is 0 Å². The summed E-state index contributed by atoms with van der Waals surface area (Å²) in [6.07, 6.45) is -0.728. The molecule has 2 atom stereocenters. The summed E-state index contributed by atoms with van der Waals surface area (Å²) in [6.45, 7) is -0.289. The van der Waals surface area contributed by atoms with Crippen LogP contribution in [0.4, 0.5) is 0 Å². The Morgan fingerprint density at radius 2 is 1.60 bits per heavy atom. The Morgan fingerprint density at radius 1 is 1.00 bits per heavy atom. The van der Waals surface area contributed by atoms with E-state index in [0.29, 0.717) is 18.4 Å². The third-order valence-corrected chi connectivity index (χ3v) is 2.26. The van der Waals surface area contributed by atoms with Gasteiger partial charge in [0.2, 0.25) is 0 Å². The summed E-state index contributed by atoms with van der Waals surface area (Å²) in [6, 6.07) is 6.26. The summed E-state index contributed by atoms with van der Waals surface area (Å²) < 4.78 is 0. The van der Waals surface area contributed by atoms with Gasteiger partial charge in [0.1, 0.15) is 5.75 Å². The molecule has 0 radical (unpaired) electrons. The zero-order chi connectivity index (χ0) is 11.3. The van der Waals surface area contributed by atoms with Gasteiger partial charge in [-0.15, -0.1) is 0 Å². The Kier molecular flexibility index (Phi) is 4.55. The SMILES string of the molecule is OCC(O)CCC(O)c1ccc(O)cc1. The first-order chi connectivity index (χ1) is 7.13. The van der Waals surface area contributed by atoms with Gasteiger partial charge in [0.25, 0.3) is 0 Å². The van der Waals surface area contributed by atoms with Gasteiger partial charge in [-0.25, -0.2) is 0 Å². The first kappa shape index (κ1) is 12.0. The van der Waals surface area contributed by atoms with Crippen LogP contribution in [0.3, 0.4) is 0 Å². The van der Waals surface area contributed by atoms with E-state index < -0.39 is 12.2 Å². The van der Waals surface area contributed by atoms with Crippen LogP contribution in [-0.4, -0.2) is 33.1 Å². The lowest BCUT2D eigenvalue weighted by Crippen LogP contribution is -2.13. The molecule has 4 nitrogen and oxygen atoms in total. The van der Waals surface area contributed by atoms with Crippen molar-refractivity contribution in [3.05, 3.63) is 29.8 Å². The number of benzene rings is 1. The monoisotopic (exact) mass is 212 g/mol. The highest BCUT2D eigenvalue weighted by Crippen LogP contribution is 2.21. The summed E-state index contributed by atoms with van der Waals surface area (Å²) in [5.74, 6) is 0.154. The Balaban J connectivity index is 2.46. The molecule has 4 heteroatoms. The van der Waals surface area contributed by atoms with E-state index >= 15 is 0 Å². The molecule has 1 aromatic carbocycles. The highest BCUT2D eigenvalue weighted by atomic mass is 16.3. The number of aliphatic hydroxyl groups is 3. The minimum Gasteiger partial charge on any atom is -0.508 e. The number of rotatable bonds is 5. The number of aromatic hydroxyl groups is 1. The fourth-order valence-electron chi connectivity index (χ4n) is 1.30. The lowest BCUT2D eigenvalue weighted by Gasteiger charge is -2.12. The maximum atomic E-state index is 9.68. The Morgan fingerprint density at radius 3 is 2.13 bits per heavy atom. The summed E-state index contributed by atoms with van der Waals surface area (Å²) in [5, 5.41) is 36.4. The second-order valence-corrected chi connectivity index (χ2v) is 3.52. The molecule has 84 valence electrons. The molecule has 0 bridgehead atoms. The highest BCUT2D eigenvalue weighted by molar-refractivity contribution is 5.27. The Labute approximate surface area is 88.4 Å². The smallest absolute Gasteiger partial charge is 0.115 e. The minimum atomic E-state index is -0.781. The molecule has 0 amide bonds. The van der Waals surface area contributed by atoms with Crippen molar-refractivity contribution >= 4 is 0 Å². The van der Waals surface area contributed by atoms with Gasteiger partial charge in [0.05, 0.1) is 18.8 Å². The molecular weight excluding hydrogens is 196 g/mol. The summed E-state index contributed by atoms with van der Waals surface area (Å²) in [4.78, 5) is 0. The maximum absolute atomic E-state index is 9.68. The highest BCUT2D eigenvalue weighted by Gasteiger charge is 2.10. The molecule has 0 saturated carbocycles. The number of aliphatic hydroxyl groups excluding tert-OH is 3. The van der Waals surface area contributed by atoms with Crippen LogP contribution >= 0.6 is 0 Å². The predicted molar refractivity (Wildman–Crippen MR) is 55.4 cm³/mol. The minimum absolute atomic E-state index is 0.154. The summed E-state index contributed by atoms with van der Waals surface area (Å²) in [5.41, 5.74) is 0.693.